The third kappa shape index (κ3) is 16.6. The van der Waals surface area contributed by atoms with E-state index >= 15 is 0 Å². The van der Waals surface area contributed by atoms with Crippen molar-refractivity contribution in [1.29, 1.82) is 0 Å². The highest BCUT2D eigenvalue weighted by atomic mass is 19.1. The number of rotatable bonds is 20. The number of allylic oxidation sites excluding steroid dienone is 12. The zero-order chi connectivity index (χ0) is 35.0. The summed E-state index contributed by atoms with van der Waals surface area (Å²) in [6.07, 6.45) is 30.9. The molecule has 0 aliphatic carbocycles. The lowest BCUT2D eigenvalue weighted by atomic mass is 10.0. The van der Waals surface area contributed by atoms with E-state index in [4.69, 9.17) is 14.2 Å². The van der Waals surface area contributed by atoms with Crippen LogP contribution in [0.3, 0.4) is 0 Å². The molecule has 0 saturated carbocycles. The van der Waals surface area contributed by atoms with Gasteiger partial charge in [-0.05, 0) is 81.7 Å². The van der Waals surface area contributed by atoms with Crippen molar-refractivity contribution in [2.24, 2.45) is 0 Å². The Kier molecular flexibility index (Phi) is 19.2. The van der Waals surface area contributed by atoms with Gasteiger partial charge in [-0.3, -0.25) is 9.59 Å². The van der Waals surface area contributed by atoms with Gasteiger partial charge in [0.2, 0.25) is 0 Å². The maximum Gasteiger partial charge on any atom is 0.342 e. The number of benzene rings is 2. The monoisotopic (exact) mass is 660 g/mol. The number of hydrogen-bond acceptors (Lipinski definition) is 6. The zero-order valence-electron chi connectivity index (χ0n) is 28.0. The molecule has 256 valence electrons. The molecular formula is C40H46F2O6. The van der Waals surface area contributed by atoms with Crippen LogP contribution in [0.15, 0.2) is 109 Å². The molecule has 2 rings (SSSR count). The maximum absolute atomic E-state index is 14.3. The van der Waals surface area contributed by atoms with Gasteiger partial charge in [-0.15, -0.1) is 0 Å². The molecule has 0 aliphatic heterocycles. The van der Waals surface area contributed by atoms with Crippen LogP contribution in [0.25, 0.3) is 11.1 Å². The lowest BCUT2D eigenvalue weighted by Crippen LogP contribution is -2.22. The van der Waals surface area contributed by atoms with E-state index in [0.29, 0.717) is 6.42 Å². The minimum atomic E-state index is -0.864. The molecule has 0 aromatic heterocycles. The van der Waals surface area contributed by atoms with Crippen LogP contribution in [0.2, 0.25) is 0 Å². The number of hydrogen-bond donors (Lipinski definition) is 0. The molecule has 8 heteroatoms. The quantitative estimate of drug-likeness (QED) is 0.0799. The van der Waals surface area contributed by atoms with Crippen LogP contribution in [0.1, 0.15) is 82.5 Å². The van der Waals surface area contributed by atoms with Gasteiger partial charge in [0.25, 0.3) is 0 Å². The van der Waals surface area contributed by atoms with Crippen molar-refractivity contribution < 1.29 is 37.4 Å². The number of carbonyl (C=O) groups is 3. The Labute approximate surface area is 283 Å². The first-order valence-electron chi connectivity index (χ1n) is 16.3. The van der Waals surface area contributed by atoms with Crippen LogP contribution in [-0.2, 0) is 19.1 Å². The van der Waals surface area contributed by atoms with Crippen LogP contribution in [0.4, 0.5) is 8.78 Å². The molecule has 0 radical (unpaired) electrons. The predicted molar refractivity (Wildman–Crippen MR) is 186 cm³/mol. The van der Waals surface area contributed by atoms with Crippen molar-refractivity contribution in [3.8, 4) is 16.9 Å². The summed E-state index contributed by atoms with van der Waals surface area (Å²) in [6.45, 7) is 4.63. The Bertz CT molecular complexity index is 1500. The van der Waals surface area contributed by atoms with Crippen molar-refractivity contribution >= 4 is 17.9 Å². The standard InChI is InChI=1S/C40H46F2O6/c1-4-5-6-7-8-9-10-11-12-13-14-15-16-17-18-19-20-21-22-23-39(44)47-31(2)30-46-40(45)36-28-33(24-27-38(36)48-32(3)43)35-26-25-34(41)29-37(35)42/h5-6,8-9,11-12,14-15,17-18,20-21,24-29,31H,4,7,10,13,16,19,22-23,30H2,1-3H3. The molecule has 0 fully saturated rings. The summed E-state index contributed by atoms with van der Waals surface area (Å²) in [5, 5.41) is 0. The average Bonchev–Trinajstić information content (AvgIpc) is 3.04. The number of ether oxygens (including phenoxy) is 3. The first-order chi connectivity index (χ1) is 23.2. The predicted octanol–water partition coefficient (Wildman–Crippen LogP) is 10.1. The molecule has 48 heavy (non-hydrogen) atoms. The molecule has 6 nitrogen and oxygen atoms in total. The van der Waals surface area contributed by atoms with Gasteiger partial charge >= 0.3 is 17.9 Å². The second-order valence-corrected chi connectivity index (χ2v) is 10.8. The number of halogens is 2. The molecule has 0 aliphatic rings. The van der Waals surface area contributed by atoms with Crippen LogP contribution in [0.5, 0.6) is 5.75 Å². The lowest BCUT2D eigenvalue weighted by Gasteiger charge is -2.15. The Balaban J connectivity index is 1.69. The lowest BCUT2D eigenvalue weighted by molar-refractivity contribution is -0.150. The average molecular weight is 661 g/mol. The van der Waals surface area contributed by atoms with E-state index < -0.39 is 35.6 Å². The van der Waals surface area contributed by atoms with Crippen molar-refractivity contribution in [3.63, 3.8) is 0 Å². The normalized spacial score (nSPS) is 12.7. The fourth-order valence-electron chi connectivity index (χ4n) is 4.25. The Morgan fingerprint density at radius 2 is 1.31 bits per heavy atom. The van der Waals surface area contributed by atoms with E-state index in [1.807, 2.05) is 12.2 Å². The number of carbonyl (C=O) groups excluding carboxylic acids is 3. The van der Waals surface area contributed by atoms with E-state index in [9.17, 15) is 23.2 Å². The summed E-state index contributed by atoms with van der Waals surface area (Å²) < 4.78 is 43.5. The molecular weight excluding hydrogens is 614 g/mol. The van der Waals surface area contributed by atoms with E-state index in [0.717, 1.165) is 50.7 Å². The summed E-state index contributed by atoms with van der Waals surface area (Å²) in [7, 11) is 0. The summed E-state index contributed by atoms with van der Waals surface area (Å²) in [4.78, 5) is 36.7. The summed E-state index contributed by atoms with van der Waals surface area (Å²) in [5.74, 6) is -3.62. The SMILES string of the molecule is CCC=CCC=CCC=CCC=CCC=CCC=CCCC(=O)OC(C)COC(=O)c1cc(-c2ccc(F)cc2F)ccc1OC(C)=O. The first-order valence-corrected chi connectivity index (χ1v) is 16.3. The zero-order valence-corrected chi connectivity index (χ0v) is 28.0. The summed E-state index contributed by atoms with van der Waals surface area (Å²) in [5.41, 5.74) is 0.167. The summed E-state index contributed by atoms with van der Waals surface area (Å²) >= 11 is 0. The molecule has 1 unspecified atom stereocenters. The third-order valence-electron chi connectivity index (χ3n) is 6.59. The Hall–Kier alpha value is -4.85. The van der Waals surface area contributed by atoms with Crippen molar-refractivity contribution in [2.75, 3.05) is 6.61 Å². The van der Waals surface area contributed by atoms with E-state index in [-0.39, 0.29) is 35.5 Å². The second-order valence-electron chi connectivity index (χ2n) is 10.8. The molecule has 0 amide bonds. The molecule has 0 heterocycles. The smallest absolute Gasteiger partial charge is 0.342 e. The van der Waals surface area contributed by atoms with Gasteiger partial charge in [-0.25, -0.2) is 13.6 Å². The molecule has 0 saturated heterocycles. The maximum atomic E-state index is 14.3. The number of esters is 3. The van der Waals surface area contributed by atoms with Crippen LogP contribution in [0, 0.1) is 11.6 Å². The van der Waals surface area contributed by atoms with Crippen molar-refractivity contribution in [1.82, 2.24) is 0 Å². The van der Waals surface area contributed by atoms with Crippen LogP contribution < -0.4 is 4.74 Å². The molecule has 1 atom stereocenters. The molecule has 0 N–H and O–H groups in total. The van der Waals surface area contributed by atoms with Gasteiger partial charge in [0.05, 0.1) is 0 Å². The fourth-order valence-corrected chi connectivity index (χ4v) is 4.25. The first kappa shape index (κ1) is 39.3. The molecule has 2 aromatic carbocycles. The Morgan fingerprint density at radius 3 is 1.85 bits per heavy atom. The van der Waals surface area contributed by atoms with E-state index in [1.54, 1.807) is 6.92 Å². The minimum Gasteiger partial charge on any atom is -0.459 e. The highest BCUT2D eigenvalue weighted by Gasteiger charge is 2.20. The van der Waals surface area contributed by atoms with Gasteiger partial charge in [0.1, 0.15) is 35.7 Å². The second kappa shape index (κ2) is 23.5. The van der Waals surface area contributed by atoms with Crippen LogP contribution in [-0.4, -0.2) is 30.6 Å². The van der Waals surface area contributed by atoms with Gasteiger partial charge in [0, 0.05) is 25.0 Å². The molecule has 0 bridgehead atoms. The third-order valence-corrected chi connectivity index (χ3v) is 6.59. The van der Waals surface area contributed by atoms with Crippen LogP contribution >= 0.6 is 0 Å². The Morgan fingerprint density at radius 1 is 0.750 bits per heavy atom. The highest BCUT2D eigenvalue weighted by Crippen LogP contribution is 2.30. The van der Waals surface area contributed by atoms with E-state index in [2.05, 4.69) is 67.7 Å². The summed E-state index contributed by atoms with van der Waals surface area (Å²) in [6, 6.07) is 7.12. The highest BCUT2D eigenvalue weighted by molar-refractivity contribution is 5.95. The van der Waals surface area contributed by atoms with Gasteiger partial charge in [-0.2, -0.15) is 0 Å². The van der Waals surface area contributed by atoms with E-state index in [1.165, 1.54) is 31.2 Å². The molecule has 2 aromatic rings. The van der Waals surface area contributed by atoms with Crippen molar-refractivity contribution in [2.45, 2.75) is 78.2 Å². The fraction of sp³-hybridized carbons (Fsp3) is 0.325. The van der Waals surface area contributed by atoms with Gasteiger partial charge in [-0.1, -0.05) is 85.9 Å². The van der Waals surface area contributed by atoms with Gasteiger partial charge < -0.3 is 14.2 Å². The largest absolute Gasteiger partial charge is 0.459 e. The topological polar surface area (TPSA) is 78.9 Å². The van der Waals surface area contributed by atoms with Gasteiger partial charge in [0.15, 0.2) is 0 Å². The molecule has 0 spiro atoms. The van der Waals surface area contributed by atoms with Crippen molar-refractivity contribution in [3.05, 3.63) is 127 Å². The minimum absolute atomic E-state index is 0.0500.